The minimum atomic E-state index is 0.704. The monoisotopic (exact) mass is 278 g/mol. The first-order chi connectivity index (χ1) is 9.64. The molecule has 2 aliphatic heterocycles. The fourth-order valence-corrected chi connectivity index (χ4v) is 5.73. The average Bonchev–Trinajstić information content (AvgIpc) is 3.01. The maximum Gasteiger partial charge on any atom is 0.0149 e. The van der Waals surface area contributed by atoms with E-state index in [1.54, 1.807) is 0 Å². The molecule has 2 heterocycles. The van der Waals surface area contributed by atoms with Crippen LogP contribution in [0.25, 0.3) is 0 Å². The summed E-state index contributed by atoms with van der Waals surface area (Å²) in [4.78, 5) is 5.30. The van der Waals surface area contributed by atoms with Crippen LogP contribution in [-0.2, 0) is 0 Å². The van der Waals surface area contributed by atoms with E-state index in [4.69, 9.17) is 0 Å². The van der Waals surface area contributed by atoms with Gasteiger partial charge >= 0.3 is 0 Å². The predicted octanol–water partition coefficient (Wildman–Crippen LogP) is 3.76. The van der Waals surface area contributed by atoms with Gasteiger partial charge in [-0.1, -0.05) is 13.3 Å². The van der Waals surface area contributed by atoms with Crippen LogP contribution in [0, 0.1) is 11.3 Å². The van der Waals surface area contributed by atoms with Gasteiger partial charge in [-0.2, -0.15) is 0 Å². The lowest BCUT2D eigenvalue weighted by molar-refractivity contribution is 0.0435. The Labute approximate surface area is 125 Å². The van der Waals surface area contributed by atoms with Crippen molar-refractivity contribution in [3.63, 3.8) is 0 Å². The third-order valence-electron chi connectivity index (χ3n) is 6.87. The third-order valence-corrected chi connectivity index (χ3v) is 6.87. The van der Waals surface area contributed by atoms with Crippen molar-refractivity contribution in [1.82, 2.24) is 9.80 Å². The predicted molar refractivity (Wildman–Crippen MR) is 86.0 cm³/mol. The van der Waals surface area contributed by atoms with E-state index in [-0.39, 0.29) is 0 Å². The second-order valence-corrected chi connectivity index (χ2v) is 8.00. The molecule has 2 heteroatoms. The van der Waals surface area contributed by atoms with Gasteiger partial charge in [0, 0.05) is 18.6 Å². The van der Waals surface area contributed by atoms with Gasteiger partial charge in [-0.25, -0.2) is 0 Å². The second kappa shape index (κ2) is 5.96. The van der Waals surface area contributed by atoms with Gasteiger partial charge in [0.25, 0.3) is 0 Å². The zero-order valence-corrected chi connectivity index (χ0v) is 13.9. The van der Waals surface area contributed by atoms with E-state index in [1.807, 2.05) is 0 Å². The number of piperidine rings is 1. The SMILES string of the molecule is CCC1CC(CCC23CCCC2N(C)CCC3)CN1C. The van der Waals surface area contributed by atoms with Crippen LogP contribution in [-0.4, -0.2) is 49.1 Å². The molecular formula is C18H34N2. The van der Waals surface area contributed by atoms with Crippen molar-refractivity contribution < 1.29 is 0 Å². The Bertz CT molecular complexity index is 329. The fourth-order valence-electron chi connectivity index (χ4n) is 5.73. The van der Waals surface area contributed by atoms with Crippen molar-refractivity contribution in [3.8, 4) is 0 Å². The Hall–Kier alpha value is -0.0800. The molecule has 116 valence electrons. The maximum atomic E-state index is 2.69. The summed E-state index contributed by atoms with van der Waals surface area (Å²) in [5, 5.41) is 0. The highest BCUT2D eigenvalue weighted by Crippen LogP contribution is 2.51. The van der Waals surface area contributed by atoms with Gasteiger partial charge in [-0.3, -0.25) is 0 Å². The molecule has 1 saturated carbocycles. The van der Waals surface area contributed by atoms with E-state index in [1.165, 1.54) is 70.9 Å². The number of hydrogen-bond acceptors (Lipinski definition) is 2. The summed E-state index contributed by atoms with van der Waals surface area (Å²) in [6.45, 7) is 5.05. The van der Waals surface area contributed by atoms with E-state index >= 15 is 0 Å². The molecule has 20 heavy (non-hydrogen) atoms. The van der Waals surface area contributed by atoms with Crippen LogP contribution in [0.15, 0.2) is 0 Å². The molecular weight excluding hydrogens is 244 g/mol. The van der Waals surface area contributed by atoms with Gasteiger partial charge in [0.1, 0.15) is 0 Å². The number of rotatable bonds is 4. The zero-order chi connectivity index (χ0) is 14.2. The Kier molecular flexibility index (Phi) is 4.42. The summed E-state index contributed by atoms with van der Waals surface area (Å²) in [6.07, 6.45) is 13.2. The highest BCUT2D eigenvalue weighted by molar-refractivity contribution is 5.00. The van der Waals surface area contributed by atoms with E-state index in [0.717, 1.165) is 18.0 Å². The lowest BCUT2D eigenvalue weighted by Crippen LogP contribution is -2.47. The minimum absolute atomic E-state index is 0.704. The van der Waals surface area contributed by atoms with Gasteiger partial charge in [0.2, 0.25) is 0 Å². The molecule has 0 aromatic carbocycles. The van der Waals surface area contributed by atoms with Gasteiger partial charge in [0.15, 0.2) is 0 Å². The van der Waals surface area contributed by atoms with E-state index in [0.29, 0.717) is 5.41 Å². The van der Waals surface area contributed by atoms with Crippen LogP contribution in [0.1, 0.15) is 64.7 Å². The quantitative estimate of drug-likeness (QED) is 0.772. The molecule has 3 rings (SSSR count). The van der Waals surface area contributed by atoms with Crippen molar-refractivity contribution >= 4 is 0 Å². The number of fused-ring (bicyclic) bond motifs is 1. The van der Waals surface area contributed by atoms with Crippen molar-refractivity contribution in [2.24, 2.45) is 11.3 Å². The summed E-state index contributed by atoms with van der Waals surface area (Å²) >= 11 is 0. The molecule has 4 atom stereocenters. The highest BCUT2D eigenvalue weighted by Gasteiger charge is 2.46. The van der Waals surface area contributed by atoms with Crippen LogP contribution in [0.4, 0.5) is 0 Å². The fraction of sp³-hybridized carbons (Fsp3) is 1.00. The Morgan fingerprint density at radius 3 is 2.65 bits per heavy atom. The lowest BCUT2D eigenvalue weighted by atomic mass is 9.70. The van der Waals surface area contributed by atoms with Crippen molar-refractivity contribution in [2.75, 3.05) is 27.2 Å². The Morgan fingerprint density at radius 1 is 1.10 bits per heavy atom. The zero-order valence-electron chi connectivity index (χ0n) is 13.9. The first-order valence-corrected chi connectivity index (χ1v) is 9.05. The summed E-state index contributed by atoms with van der Waals surface area (Å²) in [5.74, 6) is 0.979. The van der Waals surface area contributed by atoms with E-state index < -0.39 is 0 Å². The molecule has 1 aliphatic carbocycles. The normalized spacial score (nSPS) is 43.0. The van der Waals surface area contributed by atoms with Crippen molar-refractivity contribution in [1.29, 1.82) is 0 Å². The van der Waals surface area contributed by atoms with Crippen LogP contribution < -0.4 is 0 Å². The van der Waals surface area contributed by atoms with E-state index in [2.05, 4.69) is 30.8 Å². The molecule has 3 aliphatic rings. The van der Waals surface area contributed by atoms with Crippen LogP contribution in [0.5, 0.6) is 0 Å². The molecule has 0 spiro atoms. The molecule has 0 aromatic rings. The van der Waals surface area contributed by atoms with Gasteiger partial charge < -0.3 is 9.80 Å². The van der Waals surface area contributed by atoms with Crippen LogP contribution in [0.2, 0.25) is 0 Å². The van der Waals surface area contributed by atoms with Crippen molar-refractivity contribution in [3.05, 3.63) is 0 Å². The molecule has 0 amide bonds. The first kappa shape index (κ1) is 14.8. The molecule has 3 fully saturated rings. The second-order valence-electron chi connectivity index (χ2n) is 8.00. The summed E-state index contributed by atoms with van der Waals surface area (Å²) in [6, 6.07) is 1.78. The largest absolute Gasteiger partial charge is 0.303 e. The van der Waals surface area contributed by atoms with Gasteiger partial charge in [-0.05, 0) is 83.3 Å². The summed E-state index contributed by atoms with van der Waals surface area (Å²) < 4.78 is 0. The van der Waals surface area contributed by atoms with Gasteiger partial charge in [0.05, 0.1) is 0 Å². The molecule has 0 bridgehead atoms. The number of hydrogen-bond donors (Lipinski definition) is 0. The summed E-state index contributed by atoms with van der Waals surface area (Å²) in [7, 11) is 4.71. The molecule has 2 nitrogen and oxygen atoms in total. The molecule has 0 radical (unpaired) electrons. The van der Waals surface area contributed by atoms with E-state index in [9.17, 15) is 0 Å². The van der Waals surface area contributed by atoms with Crippen LogP contribution in [0.3, 0.4) is 0 Å². The molecule has 0 N–H and O–H groups in total. The Morgan fingerprint density at radius 2 is 1.90 bits per heavy atom. The summed E-state index contributed by atoms with van der Waals surface area (Å²) in [5.41, 5.74) is 0.704. The van der Waals surface area contributed by atoms with Gasteiger partial charge in [-0.15, -0.1) is 0 Å². The minimum Gasteiger partial charge on any atom is -0.303 e. The molecule has 2 saturated heterocycles. The van der Waals surface area contributed by atoms with Crippen molar-refractivity contribution in [2.45, 2.75) is 76.8 Å². The number of likely N-dealkylation sites (tertiary alicyclic amines) is 2. The highest BCUT2D eigenvalue weighted by atomic mass is 15.2. The standard InChI is InChI=1S/C18H34N2/c1-4-16-13-15(14-20(16)3)8-11-18-9-5-7-17(18)19(2)12-6-10-18/h15-17H,4-14H2,1-3H3. The maximum absolute atomic E-state index is 2.69. The Balaban J connectivity index is 1.57. The van der Waals surface area contributed by atoms with Crippen LogP contribution >= 0.6 is 0 Å². The molecule has 4 unspecified atom stereocenters. The number of nitrogens with zero attached hydrogens (tertiary/aromatic N) is 2. The first-order valence-electron chi connectivity index (χ1n) is 9.05. The molecule has 0 aromatic heterocycles. The third kappa shape index (κ3) is 2.66. The topological polar surface area (TPSA) is 6.48 Å². The smallest absolute Gasteiger partial charge is 0.0149 e. The average molecular weight is 278 g/mol. The lowest BCUT2D eigenvalue weighted by Gasteiger charge is -2.45.